The smallest absolute Gasteiger partial charge is 0.530 e. The summed E-state index contributed by atoms with van der Waals surface area (Å²) in [5, 5.41) is 2.48. The molecule has 0 aliphatic rings. The van der Waals surface area contributed by atoms with Gasteiger partial charge < -0.3 is 28.0 Å². The molecule has 0 saturated heterocycles. The minimum atomic E-state index is 0. The Kier molecular flexibility index (Phi) is 26.6. The van der Waals surface area contributed by atoms with E-state index in [2.05, 4.69) is 5.32 Å². The summed E-state index contributed by atoms with van der Waals surface area (Å²) in [5.41, 5.74) is 5.32. The van der Waals surface area contributed by atoms with Crippen molar-refractivity contribution in [2.24, 2.45) is 5.73 Å². The van der Waals surface area contributed by atoms with E-state index in [9.17, 15) is 4.79 Å². The number of hydrogen-bond donors (Lipinski definition) is 2. The average molecular weight is 253 g/mol. The molecule has 0 aromatic rings. The van der Waals surface area contributed by atoms with E-state index in [1.165, 1.54) is 0 Å². The first-order valence-corrected chi connectivity index (χ1v) is 4.79. The van der Waals surface area contributed by atoms with E-state index in [0.717, 1.165) is 45.4 Å². The third-order valence-corrected chi connectivity index (χ3v) is 1.66. The van der Waals surface area contributed by atoms with Crippen molar-refractivity contribution in [3.63, 3.8) is 0 Å². The van der Waals surface area contributed by atoms with Crippen molar-refractivity contribution in [3.8, 4) is 0 Å². The van der Waals surface area contributed by atoms with Crippen molar-refractivity contribution < 1.29 is 28.1 Å². The van der Waals surface area contributed by atoms with Crippen molar-refractivity contribution in [1.82, 2.24) is 5.32 Å². The van der Waals surface area contributed by atoms with E-state index in [4.69, 9.17) is 10.5 Å². The zero-order valence-electron chi connectivity index (χ0n) is 9.50. The molecule has 15 heavy (non-hydrogen) atoms. The predicted octanol–water partition coefficient (Wildman–Crippen LogP) is 0.627. The van der Waals surface area contributed by atoms with Crippen LogP contribution in [0.15, 0.2) is 0 Å². The molecule has 0 heterocycles. The Hall–Kier alpha value is -0.0256. The Morgan fingerprint density at radius 3 is 2.27 bits per heavy atom. The minimum absolute atomic E-state index is 0. The zero-order valence-corrected chi connectivity index (χ0v) is 10.9. The maximum Gasteiger partial charge on any atom is 2.00 e. The Labute approximate surface area is 105 Å². The second kappa shape index (κ2) is 19.5. The van der Waals surface area contributed by atoms with Crippen molar-refractivity contribution in [2.45, 2.75) is 25.7 Å². The first-order chi connectivity index (χ1) is 6.41. The largest absolute Gasteiger partial charge is 2.00 e. The van der Waals surface area contributed by atoms with Crippen LogP contribution in [0.1, 0.15) is 25.7 Å². The quantitative estimate of drug-likeness (QED) is 0.341. The number of unbranched alkanes of at least 4 members (excludes halogenated alkanes) is 2. The second-order valence-electron chi connectivity index (χ2n) is 2.84. The van der Waals surface area contributed by atoms with Crippen LogP contribution in [0.3, 0.4) is 0 Å². The molecule has 89 valence electrons. The molecule has 0 aliphatic heterocycles. The van der Waals surface area contributed by atoms with E-state index in [-0.39, 0.29) is 26.0 Å². The molecule has 1 radical (unpaired) electrons. The summed E-state index contributed by atoms with van der Waals surface area (Å²) >= 11 is 0. The summed E-state index contributed by atoms with van der Waals surface area (Å²) in [7, 11) is 0. The molecule has 0 atom stereocenters. The molecule has 0 rings (SSSR count). The van der Waals surface area contributed by atoms with E-state index in [0.29, 0.717) is 6.54 Å². The Bertz CT molecular complexity index is 116. The molecule has 0 bridgehead atoms. The molecule has 0 spiro atoms. The van der Waals surface area contributed by atoms with Gasteiger partial charge in [-0.15, -0.1) is 0 Å². The number of hydrogen-bond acceptors (Lipinski definition) is 3. The fourth-order valence-electron chi connectivity index (χ4n) is 0.919. The van der Waals surface area contributed by atoms with Crippen LogP contribution in [0.5, 0.6) is 0 Å². The van der Waals surface area contributed by atoms with E-state index < -0.39 is 0 Å². The number of ether oxygens (including phenoxy) is 1. The number of nitrogens with two attached hydrogens (primary N) is 1. The van der Waals surface area contributed by atoms with Crippen LogP contribution in [0.4, 0.5) is 0 Å². The van der Waals surface area contributed by atoms with Crippen molar-refractivity contribution in [1.29, 1.82) is 0 Å². The van der Waals surface area contributed by atoms with Gasteiger partial charge in [-0.1, -0.05) is 0 Å². The molecule has 4 nitrogen and oxygen atoms in total. The standard InChI is InChI=1S/C9H19N2O2.CH3.V/c10-5-1-3-7-13-8-4-2-6-11-9-12;;/h1-8,10H2,(H,11,12);1H3;/q2*-1;+2. The van der Waals surface area contributed by atoms with Crippen LogP contribution >= 0.6 is 0 Å². The number of amides is 1. The van der Waals surface area contributed by atoms with E-state index in [1.54, 1.807) is 6.41 Å². The molecule has 0 saturated carbocycles. The summed E-state index contributed by atoms with van der Waals surface area (Å²) < 4.78 is 5.33. The SMILES string of the molecule is NCCCCOCCCCN[C-]=O.[CH3-].[V+2]. The number of nitrogens with one attached hydrogen (secondary N) is 1. The molecule has 0 unspecified atom stereocenters. The number of rotatable bonds is 10. The molecule has 5 heteroatoms. The van der Waals surface area contributed by atoms with Gasteiger partial charge in [-0.25, -0.2) is 0 Å². The zero-order chi connectivity index (χ0) is 9.78. The predicted molar refractivity (Wildman–Crippen MR) is 58.5 cm³/mol. The van der Waals surface area contributed by atoms with Crippen LogP contribution in [-0.4, -0.2) is 32.7 Å². The van der Waals surface area contributed by atoms with Crippen LogP contribution in [0.2, 0.25) is 0 Å². The minimum Gasteiger partial charge on any atom is -0.530 e. The van der Waals surface area contributed by atoms with Crippen molar-refractivity contribution in [3.05, 3.63) is 7.43 Å². The third-order valence-electron chi connectivity index (χ3n) is 1.66. The first kappa shape index (κ1) is 20.4. The molecule has 3 N–H and O–H groups in total. The molecule has 0 aromatic heterocycles. The summed E-state index contributed by atoms with van der Waals surface area (Å²) in [6.45, 7) is 2.99. The Balaban J connectivity index is -0.000000720. The fraction of sp³-hybridized carbons (Fsp3) is 0.800. The van der Waals surface area contributed by atoms with Crippen LogP contribution in [0, 0.1) is 7.43 Å². The van der Waals surface area contributed by atoms with Gasteiger partial charge in [0.25, 0.3) is 0 Å². The van der Waals surface area contributed by atoms with Crippen LogP contribution < -0.4 is 11.1 Å². The van der Waals surface area contributed by atoms with Crippen LogP contribution in [-0.2, 0) is 28.1 Å². The normalized spacial score (nSPS) is 8.60. The summed E-state index contributed by atoms with van der Waals surface area (Å²) in [6.07, 6.45) is 5.63. The van der Waals surface area contributed by atoms with Crippen molar-refractivity contribution >= 4 is 6.41 Å². The van der Waals surface area contributed by atoms with Gasteiger partial charge in [-0.05, 0) is 38.8 Å². The first-order valence-electron chi connectivity index (χ1n) is 4.79. The molecule has 1 amide bonds. The Morgan fingerprint density at radius 2 is 1.73 bits per heavy atom. The summed E-state index contributed by atoms with van der Waals surface area (Å²) in [6, 6.07) is 0. The van der Waals surface area contributed by atoms with Gasteiger partial charge in [0.2, 0.25) is 0 Å². The molecular weight excluding hydrogens is 231 g/mol. The Morgan fingerprint density at radius 1 is 1.13 bits per heavy atom. The monoisotopic (exact) mass is 253 g/mol. The maximum absolute atomic E-state index is 9.73. The van der Waals surface area contributed by atoms with Gasteiger partial charge in [-0.2, -0.15) is 6.41 Å². The average Bonchev–Trinajstić information content (AvgIpc) is 2.16. The van der Waals surface area contributed by atoms with Gasteiger partial charge in [0, 0.05) is 13.2 Å². The van der Waals surface area contributed by atoms with Crippen molar-refractivity contribution in [2.75, 3.05) is 26.3 Å². The second-order valence-corrected chi connectivity index (χ2v) is 2.84. The number of carbonyl (C=O) groups excluding carboxylic acids is 1. The van der Waals surface area contributed by atoms with E-state index >= 15 is 0 Å². The molecule has 0 fully saturated rings. The maximum atomic E-state index is 9.73. The van der Waals surface area contributed by atoms with Gasteiger partial charge in [-0.3, -0.25) is 0 Å². The summed E-state index contributed by atoms with van der Waals surface area (Å²) in [4.78, 5) is 9.73. The van der Waals surface area contributed by atoms with Gasteiger partial charge in [0.1, 0.15) is 0 Å². The van der Waals surface area contributed by atoms with Gasteiger partial charge in [0.05, 0.1) is 0 Å². The molecular formula is C10H22N2O2V. The fourth-order valence-corrected chi connectivity index (χ4v) is 0.919. The summed E-state index contributed by atoms with van der Waals surface area (Å²) in [5.74, 6) is 0. The van der Waals surface area contributed by atoms with Crippen LogP contribution in [0.25, 0.3) is 0 Å². The van der Waals surface area contributed by atoms with E-state index in [1.807, 2.05) is 0 Å². The molecule has 0 aromatic carbocycles. The third kappa shape index (κ3) is 20.1. The topological polar surface area (TPSA) is 64.3 Å². The van der Waals surface area contributed by atoms with Gasteiger partial charge >= 0.3 is 18.6 Å². The molecule has 0 aliphatic carbocycles. The van der Waals surface area contributed by atoms with Gasteiger partial charge in [0.15, 0.2) is 0 Å².